The van der Waals surface area contributed by atoms with Crippen LogP contribution in [-0.4, -0.2) is 28.5 Å². The molecule has 0 aliphatic carbocycles. The maximum Gasteiger partial charge on any atom is 0.340 e. The molecule has 3 aromatic rings. The first-order valence-corrected chi connectivity index (χ1v) is 8.77. The molecule has 2 heterocycles. The molecule has 0 fully saturated rings. The summed E-state index contributed by atoms with van der Waals surface area (Å²) in [5.41, 5.74) is 3.93. The van der Waals surface area contributed by atoms with Gasteiger partial charge in [-0.3, -0.25) is 10.1 Å². The number of nitrogens with zero attached hydrogens (tertiary/aromatic N) is 1. The van der Waals surface area contributed by atoms with Crippen molar-refractivity contribution >= 4 is 38.6 Å². The lowest BCUT2D eigenvalue weighted by Crippen LogP contribution is -2.14. The van der Waals surface area contributed by atoms with Crippen molar-refractivity contribution in [1.82, 2.24) is 9.97 Å². The molecule has 2 N–H and O–H groups in total. The molecule has 0 aliphatic heterocycles. The lowest BCUT2D eigenvalue weighted by atomic mass is 10.1. The SMILES string of the molecule is CCOC(=O)c1c(C)[nH]c(C(=O)Nc2nc3ccc(C)cc3s2)c1C. The lowest BCUT2D eigenvalue weighted by molar-refractivity contribution is 0.0525. The zero-order chi connectivity index (χ0) is 18.1. The first-order valence-electron chi connectivity index (χ1n) is 7.95. The van der Waals surface area contributed by atoms with Gasteiger partial charge in [0.05, 0.1) is 22.4 Å². The van der Waals surface area contributed by atoms with Crippen molar-refractivity contribution in [3.8, 4) is 0 Å². The summed E-state index contributed by atoms with van der Waals surface area (Å²) in [4.78, 5) is 32.0. The van der Waals surface area contributed by atoms with Gasteiger partial charge in [0.2, 0.25) is 0 Å². The van der Waals surface area contributed by atoms with Crippen LogP contribution < -0.4 is 5.32 Å². The van der Waals surface area contributed by atoms with Crippen molar-refractivity contribution in [2.24, 2.45) is 0 Å². The van der Waals surface area contributed by atoms with Gasteiger partial charge in [0, 0.05) is 5.69 Å². The summed E-state index contributed by atoms with van der Waals surface area (Å²) < 4.78 is 6.07. The van der Waals surface area contributed by atoms with Crippen LogP contribution in [0.1, 0.15) is 44.6 Å². The van der Waals surface area contributed by atoms with E-state index >= 15 is 0 Å². The third kappa shape index (κ3) is 3.28. The Balaban J connectivity index is 1.87. The van der Waals surface area contributed by atoms with Crippen LogP contribution in [0.15, 0.2) is 18.2 Å². The average molecular weight is 357 g/mol. The third-order valence-electron chi connectivity index (χ3n) is 3.91. The Labute approximate surface area is 149 Å². The van der Waals surface area contributed by atoms with E-state index in [1.54, 1.807) is 20.8 Å². The highest BCUT2D eigenvalue weighted by molar-refractivity contribution is 7.22. The van der Waals surface area contributed by atoms with Gasteiger partial charge in [-0.05, 0) is 51.0 Å². The molecule has 0 atom stereocenters. The van der Waals surface area contributed by atoms with Gasteiger partial charge < -0.3 is 9.72 Å². The number of aryl methyl sites for hydroxylation is 2. The number of carbonyl (C=O) groups excluding carboxylic acids is 2. The van der Waals surface area contributed by atoms with E-state index in [0.717, 1.165) is 15.8 Å². The van der Waals surface area contributed by atoms with Crippen molar-refractivity contribution in [1.29, 1.82) is 0 Å². The first-order chi connectivity index (χ1) is 11.9. The van der Waals surface area contributed by atoms with E-state index in [1.807, 2.05) is 25.1 Å². The van der Waals surface area contributed by atoms with E-state index < -0.39 is 5.97 Å². The van der Waals surface area contributed by atoms with Gasteiger partial charge in [0.15, 0.2) is 5.13 Å². The van der Waals surface area contributed by atoms with Gasteiger partial charge in [-0.1, -0.05) is 17.4 Å². The van der Waals surface area contributed by atoms with E-state index in [2.05, 4.69) is 15.3 Å². The Morgan fingerprint density at radius 2 is 2.04 bits per heavy atom. The Morgan fingerprint density at radius 1 is 1.28 bits per heavy atom. The topological polar surface area (TPSA) is 84.1 Å². The Morgan fingerprint density at radius 3 is 2.76 bits per heavy atom. The molecule has 0 unspecified atom stereocenters. The quantitative estimate of drug-likeness (QED) is 0.692. The van der Waals surface area contributed by atoms with Crippen LogP contribution in [0.4, 0.5) is 5.13 Å². The first kappa shape index (κ1) is 17.2. The second-order valence-electron chi connectivity index (χ2n) is 5.79. The molecule has 3 rings (SSSR count). The summed E-state index contributed by atoms with van der Waals surface area (Å²) in [5, 5.41) is 3.33. The molecule has 0 bridgehead atoms. The summed E-state index contributed by atoms with van der Waals surface area (Å²) >= 11 is 1.42. The van der Waals surface area contributed by atoms with Gasteiger partial charge in [0.25, 0.3) is 5.91 Å². The highest BCUT2D eigenvalue weighted by Gasteiger charge is 2.23. The number of carbonyl (C=O) groups is 2. The second kappa shape index (κ2) is 6.68. The minimum Gasteiger partial charge on any atom is -0.462 e. The number of esters is 1. The van der Waals surface area contributed by atoms with Crippen molar-refractivity contribution in [2.45, 2.75) is 27.7 Å². The van der Waals surface area contributed by atoms with Crippen molar-refractivity contribution in [3.63, 3.8) is 0 Å². The monoisotopic (exact) mass is 357 g/mol. The Kier molecular flexibility index (Phi) is 4.59. The molecule has 2 aromatic heterocycles. The average Bonchev–Trinajstić information content (AvgIpc) is 3.07. The highest BCUT2D eigenvalue weighted by Crippen LogP contribution is 2.27. The van der Waals surface area contributed by atoms with Gasteiger partial charge in [-0.25, -0.2) is 9.78 Å². The van der Waals surface area contributed by atoms with Crippen LogP contribution in [0.5, 0.6) is 0 Å². The predicted octanol–water partition coefficient (Wildman–Crippen LogP) is 3.98. The predicted molar refractivity (Wildman–Crippen MR) is 98.5 cm³/mol. The molecule has 0 saturated carbocycles. The number of rotatable bonds is 4. The molecule has 0 radical (unpaired) electrons. The number of nitrogens with one attached hydrogen (secondary N) is 2. The fraction of sp³-hybridized carbons (Fsp3) is 0.278. The van der Waals surface area contributed by atoms with Crippen LogP contribution in [0.25, 0.3) is 10.2 Å². The number of anilines is 1. The normalized spacial score (nSPS) is 10.9. The van der Waals surface area contributed by atoms with Crippen LogP contribution in [0, 0.1) is 20.8 Å². The summed E-state index contributed by atoms with van der Waals surface area (Å²) in [5.74, 6) is -0.754. The fourth-order valence-corrected chi connectivity index (χ4v) is 3.69. The van der Waals surface area contributed by atoms with Gasteiger partial charge >= 0.3 is 5.97 Å². The van der Waals surface area contributed by atoms with E-state index in [9.17, 15) is 9.59 Å². The molecule has 7 heteroatoms. The Bertz CT molecular complexity index is 972. The number of H-pyrrole nitrogens is 1. The number of benzene rings is 1. The number of fused-ring (bicyclic) bond motifs is 1. The standard InChI is InChI=1S/C18H19N3O3S/c1-5-24-17(23)14-10(3)15(19-11(14)4)16(22)21-18-20-12-7-6-9(2)8-13(12)25-18/h6-8,19H,5H2,1-4H3,(H,20,21,22). The number of ether oxygens (including phenoxy) is 1. The number of hydrogen-bond acceptors (Lipinski definition) is 5. The molecule has 1 aromatic carbocycles. The molecule has 0 spiro atoms. The third-order valence-corrected chi connectivity index (χ3v) is 4.84. The molecular weight excluding hydrogens is 338 g/mol. The molecular formula is C18H19N3O3S. The molecule has 0 saturated heterocycles. The lowest BCUT2D eigenvalue weighted by Gasteiger charge is -2.03. The van der Waals surface area contributed by atoms with E-state index in [0.29, 0.717) is 27.6 Å². The van der Waals surface area contributed by atoms with Gasteiger partial charge in [-0.15, -0.1) is 0 Å². The molecule has 6 nitrogen and oxygen atoms in total. The molecule has 130 valence electrons. The summed E-state index contributed by atoms with van der Waals surface area (Å²) in [6.45, 7) is 7.52. The smallest absolute Gasteiger partial charge is 0.340 e. The minimum absolute atomic E-state index is 0.287. The number of thiazole rings is 1. The maximum atomic E-state index is 12.6. The number of hydrogen-bond donors (Lipinski definition) is 2. The molecule has 25 heavy (non-hydrogen) atoms. The van der Waals surface area contributed by atoms with Crippen molar-refractivity contribution < 1.29 is 14.3 Å². The summed E-state index contributed by atoms with van der Waals surface area (Å²) in [6.07, 6.45) is 0. The number of aromatic amines is 1. The second-order valence-corrected chi connectivity index (χ2v) is 6.82. The largest absolute Gasteiger partial charge is 0.462 e. The van der Waals surface area contributed by atoms with Gasteiger partial charge in [-0.2, -0.15) is 0 Å². The molecule has 0 aliphatic rings. The number of aromatic nitrogens is 2. The molecule has 1 amide bonds. The van der Waals surface area contributed by atoms with Crippen molar-refractivity contribution in [3.05, 3.63) is 46.3 Å². The van der Waals surface area contributed by atoms with Crippen LogP contribution >= 0.6 is 11.3 Å². The van der Waals surface area contributed by atoms with Crippen LogP contribution in [0.2, 0.25) is 0 Å². The van der Waals surface area contributed by atoms with E-state index in [4.69, 9.17) is 4.74 Å². The van der Waals surface area contributed by atoms with Crippen LogP contribution in [0.3, 0.4) is 0 Å². The Hall–Kier alpha value is -2.67. The van der Waals surface area contributed by atoms with E-state index in [1.165, 1.54) is 11.3 Å². The highest BCUT2D eigenvalue weighted by atomic mass is 32.1. The summed E-state index contributed by atoms with van der Waals surface area (Å²) in [7, 11) is 0. The zero-order valence-corrected chi connectivity index (χ0v) is 15.3. The van der Waals surface area contributed by atoms with Crippen LogP contribution in [-0.2, 0) is 4.74 Å². The maximum absolute atomic E-state index is 12.6. The minimum atomic E-state index is -0.428. The van der Waals surface area contributed by atoms with Crippen molar-refractivity contribution in [2.75, 3.05) is 11.9 Å². The zero-order valence-electron chi connectivity index (χ0n) is 14.5. The van der Waals surface area contributed by atoms with E-state index in [-0.39, 0.29) is 12.5 Å². The summed E-state index contributed by atoms with van der Waals surface area (Å²) in [6, 6.07) is 5.95. The number of amides is 1. The fourth-order valence-electron chi connectivity index (χ4n) is 2.73. The van der Waals surface area contributed by atoms with Gasteiger partial charge in [0.1, 0.15) is 5.69 Å².